The molecule has 190 valence electrons. The van der Waals surface area contributed by atoms with Gasteiger partial charge in [-0.05, 0) is 74.3 Å². The molecule has 1 saturated heterocycles. The van der Waals surface area contributed by atoms with Gasteiger partial charge in [-0.2, -0.15) is 19.3 Å². The summed E-state index contributed by atoms with van der Waals surface area (Å²) in [6.45, 7) is 8.79. The zero-order valence-corrected chi connectivity index (χ0v) is 21.5. The molecule has 0 unspecified atom stereocenters. The van der Waals surface area contributed by atoms with Crippen molar-refractivity contribution in [2.24, 2.45) is 0 Å². The monoisotopic (exact) mass is 511 g/mol. The van der Waals surface area contributed by atoms with E-state index >= 15 is 0 Å². The molecule has 2 aromatic heterocycles. The molecule has 0 bridgehead atoms. The lowest BCUT2D eigenvalue weighted by Gasteiger charge is -2.41. The number of hydrogen-bond acceptors (Lipinski definition) is 6. The number of piperazine rings is 1. The van der Waals surface area contributed by atoms with Gasteiger partial charge in [-0.3, -0.25) is 4.90 Å². The standard InChI is InChI=1S/C25H30FN7O2S/c1-4-10-30-11-12-31(36(34,35)25-16-27-32(5-2)29-25)17-24(30)22-14-19-15-28-33(23(19)13-18(22)3)21-8-6-20(26)7-9-21/h6-9,13-16,24H,4-5,10-12,17H2,1-3H3/t24-/m0/s1. The van der Waals surface area contributed by atoms with Crippen LogP contribution in [0.2, 0.25) is 0 Å². The molecule has 3 heterocycles. The van der Waals surface area contributed by atoms with Crippen LogP contribution in [0.5, 0.6) is 0 Å². The van der Waals surface area contributed by atoms with E-state index in [1.54, 1.807) is 23.0 Å². The molecule has 11 heteroatoms. The maximum Gasteiger partial charge on any atom is 0.264 e. The Kier molecular flexibility index (Phi) is 6.62. The number of hydrogen-bond donors (Lipinski definition) is 0. The van der Waals surface area contributed by atoms with E-state index in [1.807, 2.05) is 13.8 Å². The number of aryl methyl sites for hydroxylation is 2. The summed E-state index contributed by atoms with van der Waals surface area (Å²) in [5.74, 6) is -0.293. The van der Waals surface area contributed by atoms with Gasteiger partial charge in [-0.25, -0.2) is 17.5 Å². The third-order valence-corrected chi connectivity index (χ3v) is 8.48. The van der Waals surface area contributed by atoms with Crippen molar-refractivity contribution < 1.29 is 12.8 Å². The molecule has 5 rings (SSSR count). The second kappa shape index (κ2) is 9.72. The van der Waals surface area contributed by atoms with Crippen LogP contribution in [0.4, 0.5) is 4.39 Å². The average Bonchev–Trinajstić information content (AvgIpc) is 3.52. The highest BCUT2D eigenvalue weighted by molar-refractivity contribution is 7.89. The predicted octanol–water partition coefficient (Wildman–Crippen LogP) is 3.54. The Balaban J connectivity index is 1.51. The molecule has 4 aromatic rings. The van der Waals surface area contributed by atoms with Crippen LogP contribution in [0.15, 0.2) is 53.8 Å². The Hall–Kier alpha value is -3.15. The second-order valence-corrected chi connectivity index (χ2v) is 11.0. The molecule has 36 heavy (non-hydrogen) atoms. The fourth-order valence-corrected chi connectivity index (χ4v) is 6.19. The number of halogens is 1. The van der Waals surface area contributed by atoms with E-state index in [9.17, 15) is 12.8 Å². The molecule has 0 aliphatic carbocycles. The highest BCUT2D eigenvalue weighted by Crippen LogP contribution is 2.33. The molecule has 1 fully saturated rings. The molecule has 1 aliphatic rings. The van der Waals surface area contributed by atoms with E-state index in [-0.39, 0.29) is 16.9 Å². The summed E-state index contributed by atoms with van der Waals surface area (Å²) < 4.78 is 43.5. The Morgan fingerprint density at radius 3 is 2.53 bits per heavy atom. The highest BCUT2D eigenvalue weighted by atomic mass is 32.2. The van der Waals surface area contributed by atoms with Crippen molar-refractivity contribution in [3.63, 3.8) is 0 Å². The van der Waals surface area contributed by atoms with Gasteiger partial charge in [0.15, 0.2) is 0 Å². The lowest BCUT2D eigenvalue weighted by atomic mass is 9.96. The molecular weight excluding hydrogens is 481 g/mol. The van der Waals surface area contributed by atoms with Crippen molar-refractivity contribution in [3.05, 3.63) is 65.7 Å². The third-order valence-electron chi connectivity index (χ3n) is 6.75. The van der Waals surface area contributed by atoms with Crippen molar-refractivity contribution in [2.75, 3.05) is 26.2 Å². The fourth-order valence-electron chi connectivity index (χ4n) is 4.89. The summed E-state index contributed by atoms with van der Waals surface area (Å²) in [5, 5.41) is 13.7. The van der Waals surface area contributed by atoms with Crippen molar-refractivity contribution in [1.29, 1.82) is 0 Å². The molecule has 1 aliphatic heterocycles. The average molecular weight is 512 g/mol. The Morgan fingerprint density at radius 1 is 1.06 bits per heavy atom. The maximum atomic E-state index is 13.4. The van der Waals surface area contributed by atoms with Gasteiger partial charge in [0.2, 0.25) is 5.03 Å². The Morgan fingerprint density at radius 2 is 1.83 bits per heavy atom. The third kappa shape index (κ3) is 4.42. The first kappa shape index (κ1) is 24.5. The molecule has 0 N–H and O–H groups in total. The van der Waals surface area contributed by atoms with Crippen molar-refractivity contribution >= 4 is 20.9 Å². The van der Waals surface area contributed by atoms with E-state index < -0.39 is 10.0 Å². The first-order chi connectivity index (χ1) is 17.3. The van der Waals surface area contributed by atoms with Crippen molar-refractivity contribution in [3.8, 4) is 5.69 Å². The molecule has 1 atom stereocenters. The van der Waals surface area contributed by atoms with Crippen LogP contribution < -0.4 is 0 Å². The summed E-state index contributed by atoms with van der Waals surface area (Å²) >= 11 is 0. The smallest absolute Gasteiger partial charge is 0.264 e. The zero-order chi connectivity index (χ0) is 25.4. The van der Waals surface area contributed by atoms with Crippen LogP contribution in [-0.4, -0.2) is 68.6 Å². The molecule has 0 spiro atoms. The Bertz CT molecular complexity index is 1480. The van der Waals surface area contributed by atoms with Gasteiger partial charge in [0, 0.05) is 31.1 Å². The quantitative estimate of drug-likeness (QED) is 0.377. The first-order valence-electron chi connectivity index (χ1n) is 12.2. The number of rotatable bonds is 7. The number of nitrogens with zero attached hydrogens (tertiary/aromatic N) is 7. The van der Waals surface area contributed by atoms with Crippen LogP contribution in [0, 0.1) is 12.7 Å². The van der Waals surface area contributed by atoms with Gasteiger partial charge >= 0.3 is 0 Å². The van der Waals surface area contributed by atoms with Crippen LogP contribution in [0.1, 0.15) is 37.4 Å². The summed E-state index contributed by atoms with van der Waals surface area (Å²) in [7, 11) is -3.76. The predicted molar refractivity (Wildman–Crippen MR) is 135 cm³/mol. The largest absolute Gasteiger partial charge is 0.294 e. The van der Waals surface area contributed by atoms with Crippen LogP contribution >= 0.6 is 0 Å². The summed E-state index contributed by atoms with van der Waals surface area (Å²) in [5.41, 5.74) is 3.82. The second-order valence-electron chi connectivity index (χ2n) is 9.09. The number of sulfonamides is 1. The minimum atomic E-state index is -3.76. The van der Waals surface area contributed by atoms with Crippen LogP contribution in [0.25, 0.3) is 16.6 Å². The molecule has 0 amide bonds. The SMILES string of the molecule is CCCN1CCN(S(=O)(=O)c2cnn(CC)n2)C[C@H]1c1cc2cnn(-c3ccc(F)cc3)c2cc1C. The number of fused-ring (bicyclic) bond motifs is 1. The van der Waals surface area contributed by atoms with E-state index in [0.29, 0.717) is 26.2 Å². The molecular formula is C25H30FN7O2S. The topological polar surface area (TPSA) is 89.2 Å². The minimum absolute atomic E-state index is 0.0141. The van der Waals surface area contributed by atoms with Crippen molar-refractivity contribution in [1.82, 2.24) is 34.0 Å². The number of benzene rings is 2. The highest BCUT2D eigenvalue weighted by Gasteiger charge is 2.36. The molecule has 2 aromatic carbocycles. The Labute approximate surface area is 210 Å². The maximum absolute atomic E-state index is 13.4. The van der Waals surface area contributed by atoms with Gasteiger partial charge in [-0.15, -0.1) is 5.10 Å². The summed E-state index contributed by atoms with van der Waals surface area (Å²) in [6.07, 6.45) is 4.09. The van der Waals surface area contributed by atoms with Crippen molar-refractivity contribution in [2.45, 2.75) is 44.8 Å². The molecule has 0 radical (unpaired) electrons. The van der Waals surface area contributed by atoms with Gasteiger partial charge in [0.1, 0.15) is 5.82 Å². The van der Waals surface area contributed by atoms with Crippen LogP contribution in [0.3, 0.4) is 0 Å². The summed E-state index contributed by atoms with van der Waals surface area (Å²) in [4.78, 5) is 3.74. The molecule has 0 saturated carbocycles. The molecule has 9 nitrogen and oxygen atoms in total. The summed E-state index contributed by atoms with van der Waals surface area (Å²) in [6, 6.07) is 10.3. The van der Waals surface area contributed by atoms with E-state index in [2.05, 4.69) is 39.3 Å². The zero-order valence-electron chi connectivity index (χ0n) is 20.7. The van der Waals surface area contributed by atoms with Gasteiger partial charge in [-0.1, -0.05) is 6.92 Å². The van der Waals surface area contributed by atoms with E-state index in [4.69, 9.17) is 0 Å². The van der Waals surface area contributed by atoms with Gasteiger partial charge < -0.3 is 0 Å². The normalized spacial score (nSPS) is 17.7. The van der Waals surface area contributed by atoms with Gasteiger partial charge in [0.05, 0.1) is 30.1 Å². The lowest BCUT2D eigenvalue weighted by molar-refractivity contribution is 0.118. The van der Waals surface area contributed by atoms with E-state index in [0.717, 1.165) is 40.7 Å². The van der Waals surface area contributed by atoms with E-state index in [1.165, 1.54) is 27.4 Å². The fraction of sp³-hybridized carbons (Fsp3) is 0.400. The number of aromatic nitrogens is 5. The van der Waals surface area contributed by atoms with Gasteiger partial charge in [0.25, 0.3) is 10.0 Å². The van der Waals surface area contributed by atoms with Crippen LogP contribution in [-0.2, 0) is 16.6 Å². The lowest BCUT2D eigenvalue weighted by Crippen LogP contribution is -2.50. The first-order valence-corrected chi connectivity index (χ1v) is 13.6. The minimum Gasteiger partial charge on any atom is -0.294 e.